The van der Waals surface area contributed by atoms with Gasteiger partial charge in [-0.2, -0.15) is 5.10 Å². The first kappa shape index (κ1) is 19.9. The molecule has 3 aromatic heterocycles. The normalized spacial score (nSPS) is 12.4. The average molecular weight is 402 g/mol. The van der Waals surface area contributed by atoms with Crippen molar-refractivity contribution in [3.05, 3.63) is 77.9 Å². The molecule has 4 rings (SSSR count). The highest BCUT2D eigenvalue weighted by Gasteiger charge is 2.23. The molecule has 1 atom stereocenters. The van der Waals surface area contributed by atoms with Crippen LogP contribution >= 0.6 is 0 Å². The Bertz CT molecular complexity index is 1140. The zero-order chi connectivity index (χ0) is 21.1. The summed E-state index contributed by atoms with van der Waals surface area (Å²) in [7, 11) is 0. The van der Waals surface area contributed by atoms with E-state index in [1.165, 1.54) is 10.9 Å². The largest absolute Gasteiger partial charge is 0.361 e. The van der Waals surface area contributed by atoms with Crippen LogP contribution in [0, 0.1) is 12.8 Å². The number of anilines is 1. The van der Waals surface area contributed by atoms with Crippen molar-refractivity contribution in [2.45, 2.75) is 39.7 Å². The highest BCUT2D eigenvalue weighted by molar-refractivity contribution is 5.91. The van der Waals surface area contributed by atoms with Crippen molar-refractivity contribution in [2.24, 2.45) is 5.92 Å². The molecule has 2 N–H and O–H groups in total. The van der Waals surface area contributed by atoms with Crippen LogP contribution in [0.3, 0.4) is 0 Å². The summed E-state index contributed by atoms with van der Waals surface area (Å²) >= 11 is 0. The number of carbonyl (C=O) groups excluding carboxylic acids is 1. The molecule has 0 saturated carbocycles. The minimum absolute atomic E-state index is 0.00476. The van der Waals surface area contributed by atoms with E-state index in [4.69, 9.17) is 0 Å². The third-order valence-corrected chi connectivity index (χ3v) is 5.48. The highest BCUT2D eigenvalue weighted by atomic mass is 16.1. The highest BCUT2D eigenvalue weighted by Crippen LogP contribution is 2.33. The number of amides is 1. The third kappa shape index (κ3) is 4.27. The van der Waals surface area contributed by atoms with E-state index >= 15 is 0 Å². The molecule has 0 radical (unpaired) electrons. The van der Waals surface area contributed by atoms with Crippen LogP contribution < -0.4 is 5.32 Å². The number of H-pyrrole nitrogens is 1. The molecule has 0 fully saturated rings. The molecule has 3 heterocycles. The van der Waals surface area contributed by atoms with Gasteiger partial charge in [0.2, 0.25) is 5.91 Å². The first-order chi connectivity index (χ1) is 14.5. The molecule has 0 unspecified atom stereocenters. The van der Waals surface area contributed by atoms with Crippen LogP contribution in [0.25, 0.3) is 10.9 Å². The number of benzene rings is 1. The molecular formula is C24H27N5O. The van der Waals surface area contributed by atoms with E-state index in [1.54, 1.807) is 12.4 Å². The predicted octanol–water partition coefficient (Wildman–Crippen LogP) is 4.88. The Hall–Kier alpha value is -3.41. The summed E-state index contributed by atoms with van der Waals surface area (Å²) in [6.07, 6.45) is 5.98. The van der Waals surface area contributed by atoms with Crippen molar-refractivity contribution >= 4 is 22.6 Å². The van der Waals surface area contributed by atoms with Gasteiger partial charge in [-0.05, 0) is 48.1 Å². The predicted molar refractivity (Wildman–Crippen MR) is 119 cm³/mol. The molecule has 6 nitrogen and oxygen atoms in total. The van der Waals surface area contributed by atoms with Gasteiger partial charge in [-0.3, -0.25) is 9.78 Å². The van der Waals surface area contributed by atoms with E-state index in [0.717, 1.165) is 22.6 Å². The summed E-state index contributed by atoms with van der Waals surface area (Å²) in [5, 5.41) is 8.81. The number of aromatic amines is 1. The number of fused-ring (bicyclic) bond motifs is 1. The zero-order valence-electron chi connectivity index (χ0n) is 17.6. The van der Waals surface area contributed by atoms with Crippen molar-refractivity contribution in [1.82, 2.24) is 19.7 Å². The lowest BCUT2D eigenvalue weighted by atomic mass is 9.85. The smallest absolute Gasteiger partial charge is 0.226 e. The van der Waals surface area contributed by atoms with Crippen LogP contribution in [-0.2, 0) is 11.3 Å². The number of hydrogen-bond donors (Lipinski definition) is 2. The summed E-state index contributed by atoms with van der Waals surface area (Å²) in [4.78, 5) is 20.4. The van der Waals surface area contributed by atoms with Crippen LogP contribution in [0.5, 0.6) is 0 Å². The Labute approximate surface area is 176 Å². The Morgan fingerprint density at radius 3 is 2.70 bits per heavy atom. The summed E-state index contributed by atoms with van der Waals surface area (Å²) < 4.78 is 1.83. The lowest BCUT2D eigenvalue weighted by Gasteiger charge is -2.20. The number of carbonyl (C=O) groups is 1. The maximum atomic E-state index is 13.0. The molecule has 0 spiro atoms. The standard InChI is InChI=1S/C24H27N5O/c1-16(2)20(21-14-26-22-7-5-4-6-19(21)22)13-24(30)27-23-12-17(3)28-29(23)15-18-8-10-25-11-9-18/h4-12,14,16,20,26H,13,15H2,1-3H3,(H,27,30)/t20-/m1/s1. The summed E-state index contributed by atoms with van der Waals surface area (Å²) in [6, 6.07) is 14.1. The van der Waals surface area contributed by atoms with Gasteiger partial charge in [-0.1, -0.05) is 32.0 Å². The second-order valence-corrected chi connectivity index (χ2v) is 8.08. The zero-order valence-corrected chi connectivity index (χ0v) is 17.6. The molecular weight excluding hydrogens is 374 g/mol. The molecule has 0 bridgehead atoms. The second kappa shape index (κ2) is 8.53. The Kier molecular flexibility index (Phi) is 5.65. The van der Waals surface area contributed by atoms with E-state index in [1.807, 2.05) is 48.1 Å². The van der Waals surface area contributed by atoms with E-state index in [-0.39, 0.29) is 11.8 Å². The molecule has 154 valence electrons. The van der Waals surface area contributed by atoms with Crippen molar-refractivity contribution in [3.8, 4) is 0 Å². The summed E-state index contributed by atoms with van der Waals surface area (Å²) in [6.45, 7) is 6.85. The van der Waals surface area contributed by atoms with Gasteiger partial charge in [0.05, 0.1) is 12.2 Å². The lowest BCUT2D eigenvalue weighted by molar-refractivity contribution is -0.116. The quantitative estimate of drug-likeness (QED) is 0.463. The van der Waals surface area contributed by atoms with Gasteiger partial charge in [0.1, 0.15) is 5.82 Å². The third-order valence-electron chi connectivity index (χ3n) is 5.48. The van der Waals surface area contributed by atoms with Crippen molar-refractivity contribution < 1.29 is 4.79 Å². The fraction of sp³-hybridized carbons (Fsp3) is 0.292. The number of aromatic nitrogens is 4. The first-order valence-electron chi connectivity index (χ1n) is 10.3. The van der Waals surface area contributed by atoms with E-state index in [0.29, 0.717) is 18.9 Å². The van der Waals surface area contributed by atoms with Gasteiger partial charge in [0.15, 0.2) is 0 Å². The molecule has 1 amide bonds. The SMILES string of the molecule is Cc1cc(NC(=O)C[C@@H](c2c[nH]c3ccccc23)C(C)C)n(Cc2ccncc2)n1. The molecule has 1 aromatic carbocycles. The number of aryl methyl sites for hydroxylation is 1. The summed E-state index contributed by atoms with van der Waals surface area (Å²) in [5.74, 6) is 1.17. The van der Waals surface area contributed by atoms with Gasteiger partial charge < -0.3 is 10.3 Å². The Morgan fingerprint density at radius 1 is 1.17 bits per heavy atom. The number of rotatable bonds is 7. The number of hydrogen-bond acceptors (Lipinski definition) is 3. The topological polar surface area (TPSA) is 75.6 Å². The van der Waals surface area contributed by atoms with Crippen molar-refractivity contribution in [1.29, 1.82) is 0 Å². The summed E-state index contributed by atoms with van der Waals surface area (Å²) in [5.41, 5.74) is 4.25. The molecule has 0 saturated heterocycles. The monoisotopic (exact) mass is 401 g/mol. The lowest BCUT2D eigenvalue weighted by Crippen LogP contribution is -2.20. The Balaban J connectivity index is 1.52. The molecule has 30 heavy (non-hydrogen) atoms. The van der Waals surface area contributed by atoms with Crippen molar-refractivity contribution in [3.63, 3.8) is 0 Å². The minimum Gasteiger partial charge on any atom is -0.361 e. The first-order valence-corrected chi connectivity index (χ1v) is 10.3. The van der Waals surface area contributed by atoms with Gasteiger partial charge in [0, 0.05) is 42.0 Å². The van der Waals surface area contributed by atoms with E-state index in [2.05, 4.69) is 46.4 Å². The average Bonchev–Trinajstić information content (AvgIpc) is 3.30. The fourth-order valence-corrected chi connectivity index (χ4v) is 3.93. The maximum absolute atomic E-state index is 13.0. The number of nitrogens with zero attached hydrogens (tertiary/aromatic N) is 3. The number of para-hydroxylation sites is 1. The fourth-order valence-electron chi connectivity index (χ4n) is 3.93. The van der Waals surface area contributed by atoms with Gasteiger partial charge in [-0.25, -0.2) is 4.68 Å². The van der Waals surface area contributed by atoms with Crippen LogP contribution in [0.2, 0.25) is 0 Å². The maximum Gasteiger partial charge on any atom is 0.226 e. The molecule has 4 aromatic rings. The molecule has 0 aliphatic carbocycles. The molecule has 6 heteroatoms. The molecule has 0 aliphatic rings. The van der Waals surface area contributed by atoms with E-state index in [9.17, 15) is 4.79 Å². The van der Waals surface area contributed by atoms with Crippen LogP contribution in [0.15, 0.2) is 61.1 Å². The minimum atomic E-state index is -0.00476. The molecule has 0 aliphatic heterocycles. The second-order valence-electron chi connectivity index (χ2n) is 8.08. The van der Waals surface area contributed by atoms with E-state index < -0.39 is 0 Å². The van der Waals surface area contributed by atoms with Crippen LogP contribution in [0.1, 0.15) is 43.0 Å². The number of nitrogens with one attached hydrogen (secondary N) is 2. The van der Waals surface area contributed by atoms with Crippen LogP contribution in [0.4, 0.5) is 5.82 Å². The van der Waals surface area contributed by atoms with Gasteiger partial charge in [0.25, 0.3) is 0 Å². The van der Waals surface area contributed by atoms with Crippen molar-refractivity contribution in [2.75, 3.05) is 5.32 Å². The van der Waals surface area contributed by atoms with Gasteiger partial charge in [-0.15, -0.1) is 0 Å². The van der Waals surface area contributed by atoms with Gasteiger partial charge >= 0.3 is 0 Å². The van der Waals surface area contributed by atoms with Crippen LogP contribution in [-0.4, -0.2) is 25.7 Å². The number of pyridine rings is 1. The Morgan fingerprint density at radius 2 is 1.93 bits per heavy atom.